The molecule has 168 valence electrons. The molecule has 3 rings (SSSR count). The van der Waals surface area contributed by atoms with Crippen LogP contribution in [0.3, 0.4) is 0 Å². The van der Waals surface area contributed by atoms with Gasteiger partial charge in [0.05, 0.1) is 4.90 Å². The maximum atomic E-state index is 13.1. The number of nitrogens with one attached hydrogen (secondary N) is 2. The minimum absolute atomic E-state index is 0.0274. The van der Waals surface area contributed by atoms with Crippen molar-refractivity contribution in [3.8, 4) is 0 Å². The van der Waals surface area contributed by atoms with Crippen molar-refractivity contribution in [3.05, 3.63) is 40.2 Å². The first kappa shape index (κ1) is 23.0. The Kier molecular flexibility index (Phi) is 6.80. The zero-order valence-electron chi connectivity index (χ0n) is 17.7. The van der Waals surface area contributed by atoms with E-state index in [0.717, 1.165) is 6.42 Å². The van der Waals surface area contributed by atoms with Gasteiger partial charge in [-0.2, -0.15) is 4.31 Å². The van der Waals surface area contributed by atoms with Gasteiger partial charge in [-0.25, -0.2) is 8.42 Å². The lowest BCUT2D eigenvalue weighted by molar-refractivity contribution is -0.122. The van der Waals surface area contributed by atoms with Gasteiger partial charge in [0.1, 0.15) is 5.56 Å². The number of aromatic nitrogens is 1. The predicted molar refractivity (Wildman–Crippen MR) is 117 cm³/mol. The second-order valence-corrected chi connectivity index (χ2v) is 10.2. The number of primary amides is 1. The molecule has 2 heterocycles. The van der Waals surface area contributed by atoms with Gasteiger partial charge in [0.2, 0.25) is 21.4 Å². The molecule has 4 N–H and O–H groups in total. The fraction of sp³-hybridized carbons (Fsp3) is 0.476. The minimum Gasteiger partial charge on any atom is -0.369 e. The van der Waals surface area contributed by atoms with Crippen molar-refractivity contribution < 1.29 is 18.0 Å². The minimum atomic E-state index is -3.85. The first-order valence-electron chi connectivity index (χ1n) is 10.3. The average Bonchev–Trinajstić information content (AvgIpc) is 2.73. The van der Waals surface area contributed by atoms with Crippen LogP contribution in [0.15, 0.2) is 34.1 Å². The van der Waals surface area contributed by atoms with E-state index in [1.54, 1.807) is 0 Å². The summed E-state index contributed by atoms with van der Waals surface area (Å²) in [7, 11) is -3.85. The van der Waals surface area contributed by atoms with Gasteiger partial charge in [-0.3, -0.25) is 14.4 Å². The molecule has 0 radical (unpaired) electrons. The summed E-state index contributed by atoms with van der Waals surface area (Å²) in [5.41, 5.74) is 5.17. The number of sulfonamides is 1. The molecule has 9 nitrogen and oxygen atoms in total. The molecule has 1 fully saturated rings. The summed E-state index contributed by atoms with van der Waals surface area (Å²) >= 11 is 0. The second kappa shape index (κ2) is 9.19. The third-order valence-corrected chi connectivity index (χ3v) is 7.49. The second-order valence-electron chi connectivity index (χ2n) is 8.26. The van der Waals surface area contributed by atoms with Crippen molar-refractivity contribution in [1.29, 1.82) is 0 Å². The van der Waals surface area contributed by atoms with Gasteiger partial charge in [0, 0.05) is 42.7 Å². The Morgan fingerprint density at radius 2 is 1.94 bits per heavy atom. The SMILES string of the molecule is CC(C)CCNC(=O)c1c[nH]c2ccc(S(=O)(=O)N3CCC(C(N)=O)CC3)cc2c1=O. The summed E-state index contributed by atoms with van der Waals surface area (Å²) in [5, 5.41) is 2.85. The van der Waals surface area contributed by atoms with Crippen LogP contribution in [-0.4, -0.2) is 49.2 Å². The number of rotatable bonds is 7. The number of aromatic amines is 1. The molecule has 10 heteroatoms. The summed E-state index contributed by atoms with van der Waals surface area (Å²) in [6.45, 7) is 4.88. The summed E-state index contributed by atoms with van der Waals surface area (Å²) in [6, 6.07) is 4.24. The number of hydrogen-bond acceptors (Lipinski definition) is 5. The van der Waals surface area contributed by atoms with Crippen LogP contribution >= 0.6 is 0 Å². The molecule has 0 bridgehead atoms. The first-order valence-corrected chi connectivity index (χ1v) is 11.8. The Balaban J connectivity index is 1.88. The third kappa shape index (κ3) is 4.96. The number of amides is 2. The Morgan fingerprint density at radius 1 is 1.26 bits per heavy atom. The molecule has 0 unspecified atom stereocenters. The van der Waals surface area contributed by atoms with Crippen LogP contribution < -0.4 is 16.5 Å². The quantitative estimate of drug-likeness (QED) is 0.583. The van der Waals surface area contributed by atoms with E-state index in [2.05, 4.69) is 10.3 Å². The normalized spacial score (nSPS) is 16.0. The van der Waals surface area contributed by atoms with E-state index >= 15 is 0 Å². The molecule has 2 amide bonds. The van der Waals surface area contributed by atoms with E-state index in [4.69, 9.17) is 5.73 Å². The first-order chi connectivity index (χ1) is 14.6. The standard InChI is InChI=1S/C21H28N4O5S/c1-13(2)5-8-23-21(28)17-12-24-18-4-3-15(11-16(18)19(17)26)31(29,30)25-9-6-14(7-10-25)20(22)27/h3-4,11-14H,5-10H2,1-2H3,(H2,22,27)(H,23,28)(H,24,26). The third-order valence-electron chi connectivity index (χ3n) is 5.60. The highest BCUT2D eigenvalue weighted by molar-refractivity contribution is 7.89. The topological polar surface area (TPSA) is 142 Å². The maximum Gasteiger partial charge on any atom is 0.256 e. The molecule has 1 aliphatic rings. The summed E-state index contributed by atoms with van der Waals surface area (Å²) < 4.78 is 27.4. The summed E-state index contributed by atoms with van der Waals surface area (Å²) in [6.07, 6.45) is 2.86. The monoisotopic (exact) mass is 448 g/mol. The van der Waals surface area contributed by atoms with Crippen molar-refractivity contribution >= 4 is 32.7 Å². The van der Waals surface area contributed by atoms with Gasteiger partial charge < -0.3 is 16.0 Å². The van der Waals surface area contributed by atoms with Gasteiger partial charge in [0.25, 0.3) is 5.91 Å². The van der Waals surface area contributed by atoms with Gasteiger partial charge in [-0.1, -0.05) is 13.8 Å². The van der Waals surface area contributed by atoms with E-state index < -0.39 is 27.3 Å². The number of pyridine rings is 1. The highest BCUT2D eigenvalue weighted by atomic mass is 32.2. The van der Waals surface area contributed by atoms with Crippen LogP contribution in [-0.2, 0) is 14.8 Å². The molecule has 1 aliphatic heterocycles. The largest absolute Gasteiger partial charge is 0.369 e. The number of nitrogens with two attached hydrogens (primary N) is 1. The lowest BCUT2D eigenvalue weighted by Gasteiger charge is -2.29. The molecule has 1 aromatic heterocycles. The van der Waals surface area contributed by atoms with E-state index in [-0.39, 0.29) is 34.9 Å². The van der Waals surface area contributed by atoms with Crippen molar-refractivity contribution in [1.82, 2.24) is 14.6 Å². The summed E-state index contributed by atoms with van der Waals surface area (Å²) in [5.74, 6) is -0.835. The number of fused-ring (bicyclic) bond motifs is 1. The molecule has 0 atom stereocenters. The molecular formula is C21H28N4O5S. The van der Waals surface area contributed by atoms with Crippen molar-refractivity contribution in [2.45, 2.75) is 38.0 Å². The number of carbonyl (C=O) groups excluding carboxylic acids is 2. The zero-order valence-corrected chi connectivity index (χ0v) is 18.5. The van der Waals surface area contributed by atoms with Crippen molar-refractivity contribution in [3.63, 3.8) is 0 Å². The van der Waals surface area contributed by atoms with Crippen molar-refractivity contribution in [2.24, 2.45) is 17.6 Å². The zero-order chi connectivity index (χ0) is 22.8. The van der Waals surface area contributed by atoms with E-state index in [9.17, 15) is 22.8 Å². The van der Waals surface area contributed by atoms with Crippen LogP contribution in [0.1, 0.15) is 43.5 Å². The number of piperidine rings is 1. The molecule has 0 saturated carbocycles. The summed E-state index contributed by atoms with van der Waals surface area (Å²) in [4.78, 5) is 39.5. The number of nitrogens with zero attached hydrogens (tertiary/aromatic N) is 1. The van der Waals surface area contributed by atoms with Gasteiger partial charge in [0.15, 0.2) is 0 Å². The molecule has 1 aromatic carbocycles. The lowest BCUT2D eigenvalue weighted by Crippen LogP contribution is -2.41. The Morgan fingerprint density at radius 3 is 2.55 bits per heavy atom. The number of H-pyrrole nitrogens is 1. The average molecular weight is 449 g/mol. The van der Waals surface area contributed by atoms with E-state index in [1.165, 1.54) is 28.7 Å². The van der Waals surface area contributed by atoms with Crippen LogP contribution in [0.5, 0.6) is 0 Å². The fourth-order valence-electron chi connectivity index (χ4n) is 3.63. The highest BCUT2D eigenvalue weighted by Gasteiger charge is 2.31. The molecule has 0 aliphatic carbocycles. The predicted octanol–water partition coefficient (Wildman–Crippen LogP) is 1.19. The lowest BCUT2D eigenvalue weighted by atomic mass is 9.98. The number of carbonyl (C=O) groups is 2. The van der Waals surface area contributed by atoms with Gasteiger partial charge in [-0.05, 0) is 43.4 Å². The molecule has 1 saturated heterocycles. The van der Waals surface area contributed by atoms with Crippen LogP contribution in [0.4, 0.5) is 0 Å². The van der Waals surface area contributed by atoms with Gasteiger partial charge >= 0.3 is 0 Å². The molecule has 2 aromatic rings. The smallest absolute Gasteiger partial charge is 0.256 e. The highest BCUT2D eigenvalue weighted by Crippen LogP contribution is 2.25. The maximum absolute atomic E-state index is 13.1. The van der Waals surface area contributed by atoms with Crippen LogP contribution in [0, 0.1) is 11.8 Å². The van der Waals surface area contributed by atoms with E-state index in [0.29, 0.717) is 30.8 Å². The molecular weight excluding hydrogens is 420 g/mol. The number of hydrogen-bond donors (Lipinski definition) is 3. The van der Waals surface area contributed by atoms with Crippen molar-refractivity contribution in [2.75, 3.05) is 19.6 Å². The van der Waals surface area contributed by atoms with Crippen LogP contribution in [0.25, 0.3) is 10.9 Å². The Labute approximate surface area is 181 Å². The van der Waals surface area contributed by atoms with Crippen LogP contribution in [0.2, 0.25) is 0 Å². The Hall–Kier alpha value is -2.72. The molecule has 31 heavy (non-hydrogen) atoms. The fourth-order valence-corrected chi connectivity index (χ4v) is 5.12. The van der Waals surface area contributed by atoms with E-state index in [1.807, 2.05) is 13.8 Å². The van der Waals surface area contributed by atoms with Gasteiger partial charge in [-0.15, -0.1) is 0 Å². The number of benzene rings is 1. The molecule has 0 spiro atoms. The Bertz CT molecular complexity index is 1150.